The van der Waals surface area contributed by atoms with E-state index in [0.29, 0.717) is 35.6 Å². The zero-order chi connectivity index (χ0) is 23.5. The lowest BCUT2D eigenvalue weighted by Crippen LogP contribution is -2.09. The molecule has 0 unspecified atom stereocenters. The predicted octanol–water partition coefficient (Wildman–Crippen LogP) is 3.16. The highest BCUT2D eigenvalue weighted by molar-refractivity contribution is 5.88. The van der Waals surface area contributed by atoms with Crippen molar-refractivity contribution in [3.8, 4) is 17.6 Å². The molecule has 1 aromatic carbocycles. The van der Waals surface area contributed by atoms with Crippen molar-refractivity contribution in [1.29, 1.82) is 0 Å². The first-order valence-electron chi connectivity index (χ1n) is 11.4. The number of hydrogen-bond donors (Lipinski definition) is 0. The van der Waals surface area contributed by atoms with Crippen molar-refractivity contribution >= 4 is 17.0 Å². The topological polar surface area (TPSA) is 106 Å². The second-order valence-corrected chi connectivity index (χ2v) is 8.01. The van der Waals surface area contributed by atoms with Crippen LogP contribution >= 0.6 is 0 Å². The van der Waals surface area contributed by atoms with E-state index in [1.807, 2.05) is 4.68 Å². The molecule has 10 heteroatoms. The number of nitrogens with zero attached hydrogens (tertiary/aromatic N) is 6. The molecule has 176 valence electrons. The van der Waals surface area contributed by atoms with Crippen LogP contribution in [0.3, 0.4) is 0 Å². The van der Waals surface area contributed by atoms with Crippen LogP contribution in [0.25, 0.3) is 17.0 Å². The van der Waals surface area contributed by atoms with Gasteiger partial charge >= 0.3 is 5.97 Å². The maximum absolute atomic E-state index is 11.9. The van der Waals surface area contributed by atoms with E-state index in [9.17, 15) is 4.79 Å². The van der Waals surface area contributed by atoms with Crippen LogP contribution in [0.2, 0.25) is 0 Å². The number of benzene rings is 1. The molecule has 3 heterocycles. The van der Waals surface area contributed by atoms with E-state index in [2.05, 4.69) is 38.4 Å². The molecule has 0 fully saturated rings. The molecule has 1 aliphatic rings. The maximum atomic E-state index is 11.9. The van der Waals surface area contributed by atoms with Crippen molar-refractivity contribution in [1.82, 2.24) is 29.5 Å². The van der Waals surface area contributed by atoms with E-state index in [0.717, 1.165) is 18.6 Å². The van der Waals surface area contributed by atoms with E-state index in [1.54, 1.807) is 20.2 Å². The van der Waals surface area contributed by atoms with Gasteiger partial charge in [0, 0.05) is 19.2 Å². The summed E-state index contributed by atoms with van der Waals surface area (Å²) in [5.74, 6) is 1.12. The highest BCUT2D eigenvalue weighted by atomic mass is 16.5. The van der Waals surface area contributed by atoms with Crippen LogP contribution in [0.1, 0.15) is 41.3 Å². The van der Waals surface area contributed by atoms with E-state index >= 15 is 0 Å². The fourth-order valence-electron chi connectivity index (χ4n) is 4.16. The summed E-state index contributed by atoms with van der Waals surface area (Å²) in [6, 6.07) is 6.38. The van der Waals surface area contributed by atoms with Crippen LogP contribution in [0.5, 0.6) is 11.6 Å². The number of carbonyl (C=O) groups is 1. The van der Waals surface area contributed by atoms with Crippen LogP contribution in [0.15, 0.2) is 36.8 Å². The molecule has 0 amide bonds. The summed E-state index contributed by atoms with van der Waals surface area (Å²) in [6.45, 7) is 3.24. The average molecular weight is 463 g/mol. The Morgan fingerprint density at radius 3 is 2.85 bits per heavy atom. The van der Waals surface area contributed by atoms with Crippen LogP contribution in [0.4, 0.5) is 0 Å². The number of fused-ring (bicyclic) bond motifs is 2. The Bertz CT molecular complexity index is 1330. The molecular formula is C24H26N6O4. The van der Waals surface area contributed by atoms with Gasteiger partial charge < -0.3 is 14.2 Å². The van der Waals surface area contributed by atoms with Crippen molar-refractivity contribution in [2.24, 2.45) is 0 Å². The lowest BCUT2D eigenvalue weighted by Gasteiger charge is -2.10. The molecule has 0 aliphatic heterocycles. The Morgan fingerprint density at radius 2 is 2.00 bits per heavy atom. The number of esters is 1. The Hall–Kier alpha value is -3.95. The summed E-state index contributed by atoms with van der Waals surface area (Å²) in [7, 11) is 1.55. The largest absolute Gasteiger partial charge is 0.494 e. The van der Waals surface area contributed by atoms with Gasteiger partial charge in [0.05, 0.1) is 38.3 Å². The van der Waals surface area contributed by atoms with Gasteiger partial charge in [0.2, 0.25) is 5.88 Å². The van der Waals surface area contributed by atoms with Crippen LogP contribution in [-0.2, 0) is 24.1 Å². The van der Waals surface area contributed by atoms with Gasteiger partial charge in [-0.05, 0) is 49.4 Å². The summed E-state index contributed by atoms with van der Waals surface area (Å²) in [5.41, 5.74) is 4.48. The van der Waals surface area contributed by atoms with Crippen molar-refractivity contribution in [2.75, 3.05) is 20.3 Å². The highest BCUT2D eigenvalue weighted by Gasteiger charge is 2.17. The van der Waals surface area contributed by atoms with Crippen LogP contribution in [-0.4, -0.2) is 55.8 Å². The smallest absolute Gasteiger partial charge is 0.341 e. The Labute approximate surface area is 196 Å². The molecule has 0 radical (unpaired) electrons. The molecule has 10 nitrogen and oxygen atoms in total. The lowest BCUT2D eigenvalue weighted by molar-refractivity contribution is 0.0526. The fraction of sp³-hybridized carbons (Fsp3) is 0.375. The second-order valence-electron chi connectivity index (χ2n) is 8.01. The minimum atomic E-state index is -0.447. The third kappa shape index (κ3) is 4.30. The standard InChI is InChI=1S/C24H26N6O4/c1-3-33-23(31)18-13-25-30(15-18)24-27-20-14-26-29(21(20)22(28-24)32-2)10-5-11-34-19-9-8-16-6-4-7-17(16)12-19/h8-9,12-15H,3-7,10-11H2,1-2H3. The molecule has 34 heavy (non-hydrogen) atoms. The number of hydrogen-bond acceptors (Lipinski definition) is 8. The van der Waals surface area contributed by atoms with Gasteiger partial charge in [-0.3, -0.25) is 4.68 Å². The number of aryl methyl sites for hydroxylation is 3. The number of methoxy groups -OCH3 is 1. The number of aromatic nitrogens is 6. The quantitative estimate of drug-likeness (QED) is 0.276. The van der Waals surface area contributed by atoms with Crippen molar-refractivity contribution in [3.63, 3.8) is 0 Å². The van der Waals surface area contributed by atoms with Gasteiger partial charge in [-0.25, -0.2) is 14.5 Å². The Balaban J connectivity index is 1.28. The highest BCUT2D eigenvalue weighted by Crippen LogP contribution is 2.26. The average Bonchev–Trinajstić information content (AvgIpc) is 3.60. The zero-order valence-corrected chi connectivity index (χ0v) is 19.2. The zero-order valence-electron chi connectivity index (χ0n) is 19.2. The third-order valence-corrected chi connectivity index (χ3v) is 5.79. The van der Waals surface area contributed by atoms with Gasteiger partial charge in [0.25, 0.3) is 5.95 Å². The molecule has 0 saturated carbocycles. The molecule has 0 saturated heterocycles. The normalized spacial score (nSPS) is 12.6. The SMILES string of the molecule is CCOC(=O)c1cnn(-c2nc(OC)c3c(cnn3CCCOc3ccc4c(c3)CCC4)n2)c1. The van der Waals surface area contributed by atoms with Crippen molar-refractivity contribution < 1.29 is 19.0 Å². The summed E-state index contributed by atoms with van der Waals surface area (Å²) in [6.07, 6.45) is 8.91. The van der Waals surface area contributed by atoms with E-state index in [4.69, 9.17) is 14.2 Å². The summed E-state index contributed by atoms with van der Waals surface area (Å²) in [4.78, 5) is 20.9. The van der Waals surface area contributed by atoms with Gasteiger partial charge in [0.1, 0.15) is 16.8 Å². The van der Waals surface area contributed by atoms with Crippen LogP contribution in [0, 0.1) is 0 Å². The molecule has 0 bridgehead atoms. The van der Waals surface area contributed by atoms with Gasteiger partial charge in [-0.2, -0.15) is 15.2 Å². The Kier molecular flexibility index (Phi) is 6.11. The molecule has 0 N–H and O–H groups in total. The first kappa shape index (κ1) is 21.9. The number of carbonyl (C=O) groups excluding carboxylic acids is 1. The molecular weight excluding hydrogens is 436 g/mol. The minimum Gasteiger partial charge on any atom is -0.494 e. The van der Waals surface area contributed by atoms with Gasteiger partial charge in [-0.15, -0.1) is 0 Å². The fourth-order valence-corrected chi connectivity index (χ4v) is 4.16. The molecule has 4 aromatic rings. The van der Waals surface area contributed by atoms with Gasteiger partial charge in [-0.1, -0.05) is 6.07 Å². The summed E-state index contributed by atoms with van der Waals surface area (Å²) >= 11 is 0. The Morgan fingerprint density at radius 1 is 1.12 bits per heavy atom. The van der Waals surface area contributed by atoms with Crippen LogP contribution < -0.4 is 9.47 Å². The summed E-state index contributed by atoms with van der Waals surface area (Å²) in [5, 5.41) is 8.64. The second kappa shape index (κ2) is 9.50. The first-order valence-corrected chi connectivity index (χ1v) is 11.4. The first-order chi connectivity index (χ1) is 16.7. The summed E-state index contributed by atoms with van der Waals surface area (Å²) < 4.78 is 19.7. The van der Waals surface area contributed by atoms with E-state index in [-0.39, 0.29) is 12.6 Å². The number of rotatable bonds is 9. The molecule has 0 spiro atoms. The van der Waals surface area contributed by atoms with Crippen molar-refractivity contribution in [3.05, 3.63) is 53.5 Å². The molecule has 3 aromatic heterocycles. The third-order valence-electron chi connectivity index (χ3n) is 5.79. The predicted molar refractivity (Wildman–Crippen MR) is 124 cm³/mol. The molecule has 1 aliphatic carbocycles. The minimum absolute atomic E-state index is 0.277. The maximum Gasteiger partial charge on any atom is 0.341 e. The van der Waals surface area contributed by atoms with E-state index in [1.165, 1.54) is 41.0 Å². The molecule has 5 rings (SSSR count). The molecule has 0 atom stereocenters. The lowest BCUT2D eigenvalue weighted by atomic mass is 10.1. The van der Waals surface area contributed by atoms with Crippen molar-refractivity contribution in [2.45, 2.75) is 39.2 Å². The van der Waals surface area contributed by atoms with Gasteiger partial charge in [0.15, 0.2) is 0 Å². The van der Waals surface area contributed by atoms with E-state index < -0.39 is 5.97 Å². The number of ether oxygens (including phenoxy) is 3. The monoisotopic (exact) mass is 462 g/mol.